The number of nitrogens with two attached hydrogens (primary N) is 1. The molecule has 6 nitrogen and oxygen atoms in total. The maximum absolute atomic E-state index is 13.3. The normalized spacial score (nSPS) is 10.9. The highest BCUT2D eigenvalue weighted by atomic mass is 35.5. The van der Waals surface area contributed by atoms with Crippen molar-refractivity contribution in [3.63, 3.8) is 0 Å². The zero-order valence-corrected chi connectivity index (χ0v) is 22.0. The summed E-state index contributed by atoms with van der Waals surface area (Å²) in [5.74, 6) is 0.865. The predicted octanol–water partition coefficient (Wildman–Crippen LogP) is 7.44. The van der Waals surface area contributed by atoms with Crippen molar-refractivity contribution in [1.29, 1.82) is 0 Å². The summed E-state index contributed by atoms with van der Waals surface area (Å²) in [5, 5.41) is 4.02. The molecule has 3 aromatic carbocycles. The van der Waals surface area contributed by atoms with Crippen LogP contribution in [0.4, 0.5) is 11.4 Å². The molecule has 5 rings (SSSR count). The lowest BCUT2D eigenvalue weighted by Gasteiger charge is -2.12. The summed E-state index contributed by atoms with van der Waals surface area (Å²) in [7, 11) is 3.19. The highest BCUT2D eigenvalue weighted by Gasteiger charge is 2.23. The number of halogens is 1. The van der Waals surface area contributed by atoms with Crippen LogP contribution in [0, 0.1) is 6.92 Å². The summed E-state index contributed by atoms with van der Waals surface area (Å²) < 4.78 is 11.0. The fourth-order valence-corrected chi connectivity index (χ4v) is 5.33. The summed E-state index contributed by atoms with van der Waals surface area (Å²) in [6.45, 7) is 2.04. The van der Waals surface area contributed by atoms with Gasteiger partial charge in [0.25, 0.3) is 5.91 Å². The van der Waals surface area contributed by atoms with Crippen molar-refractivity contribution < 1.29 is 14.3 Å². The van der Waals surface area contributed by atoms with E-state index < -0.39 is 0 Å². The molecule has 0 spiro atoms. The van der Waals surface area contributed by atoms with E-state index in [2.05, 4.69) is 5.32 Å². The minimum absolute atomic E-state index is 0.344. The van der Waals surface area contributed by atoms with E-state index in [-0.39, 0.29) is 5.91 Å². The van der Waals surface area contributed by atoms with Crippen molar-refractivity contribution in [2.24, 2.45) is 0 Å². The Bertz CT molecular complexity index is 1630. The molecule has 1 amide bonds. The molecule has 8 heteroatoms. The molecule has 0 saturated heterocycles. The zero-order chi connectivity index (χ0) is 26.1. The van der Waals surface area contributed by atoms with E-state index in [1.165, 1.54) is 11.3 Å². The van der Waals surface area contributed by atoms with Crippen molar-refractivity contribution in [3.8, 4) is 33.9 Å². The van der Waals surface area contributed by atoms with Gasteiger partial charge in [0.2, 0.25) is 0 Å². The van der Waals surface area contributed by atoms with Gasteiger partial charge in [-0.1, -0.05) is 59.6 Å². The van der Waals surface area contributed by atoms with E-state index in [4.69, 9.17) is 31.8 Å². The Morgan fingerprint density at radius 2 is 1.65 bits per heavy atom. The molecule has 0 aliphatic carbocycles. The fourth-order valence-electron chi connectivity index (χ4n) is 4.13. The van der Waals surface area contributed by atoms with Crippen molar-refractivity contribution in [2.45, 2.75) is 6.92 Å². The van der Waals surface area contributed by atoms with Gasteiger partial charge in [-0.2, -0.15) is 0 Å². The number of hydrogen-bond donors (Lipinski definition) is 2. The van der Waals surface area contributed by atoms with Crippen LogP contribution in [0.25, 0.3) is 32.6 Å². The minimum Gasteiger partial charge on any atom is -0.493 e. The monoisotopic (exact) mass is 529 g/mol. The molecule has 186 valence electrons. The van der Waals surface area contributed by atoms with Gasteiger partial charge in [-0.3, -0.25) is 4.79 Å². The summed E-state index contributed by atoms with van der Waals surface area (Å²) in [6.07, 6.45) is 0. The fraction of sp³-hybridized carbons (Fsp3) is 0.103. The Morgan fingerprint density at radius 3 is 2.35 bits per heavy atom. The van der Waals surface area contributed by atoms with Crippen LogP contribution in [0.15, 0.2) is 72.8 Å². The molecule has 3 N–H and O–H groups in total. The number of carbonyl (C=O) groups excluding carboxylic acids is 1. The van der Waals surface area contributed by atoms with E-state index >= 15 is 0 Å². The second-order valence-corrected chi connectivity index (χ2v) is 9.86. The second-order valence-electron chi connectivity index (χ2n) is 8.45. The Kier molecular flexibility index (Phi) is 6.74. The number of thiophene rings is 1. The first-order valence-electron chi connectivity index (χ1n) is 11.5. The molecular weight excluding hydrogens is 506 g/mol. The second kappa shape index (κ2) is 10.1. The van der Waals surface area contributed by atoms with Crippen LogP contribution in [0.3, 0.4) is 0 Å². The number of ether oxygens (including phenoxy) is 2. The Morgan fingerprint density at radius 1 is 0.946 bits per heavy atom. The van der Waals surface area contributed by atoms with Crippen molar-refractivity contribution in [3.05, 3.63) is 88.3 Å². The molecule has 37 heavy (non-hydrogen) atoms. The standard InChI is InChI=1S/C29H24ClN3O3S/c1-16-8-10-17(11-9-16)22-15-19(18-12-13-23(35-2)24(14-18)36-3)25-26(31)27(37-29(25)33-22)28(34)32-21-7-5-4-6-20(21)30/h4-15H,31H2,1-3H3,(H,32,34). The summed E-state index contributed by atoms with van der Waals surface area (Å²) in [4.78, 5) is 19.2. The van der Waals surface area contributed by atoms with Gasteiger partial charge >= 0.3 is 0 Å². The zero-order valence-electron chi connectivity index (χ0n) is 20.5. The van der Waals surface area contributed by atoms with Gasteiger partial charge in [0.05, 0.1) is 36.3 Å². The van der Waals surface area contributed by atoms with E-state index in [1.807, 2.05) is 55.5 Å². The quantitative estimate of drug-likeness (QED) is 0.238. The molecule has 0 aliphatic rings. The van der Waals surface area contributed by atoms with E-state index in [9.17, 15) is 4.79 Å². The maximum Gasteiger partial charge on any atom is 0.267 e. The number of benzene rings is 3. The van der Waals surface area contributed by atoms with E-state index in [0.29, 0.717) is 43.0 Å². The molecule has 0 atom stereocenters. The number of nitrogens with zero attached hydrogens (tertiary/aromatic N) is 1. The lowest BCUT2D eigenvalue weighted by Crippen LogP contribution is -2.12. The van der Waals surface area contributed by atoms with Crippen molar-refractivity contribution in [2.75, 3.05) is 25.3 Å². The highest BCUT2D eigenvalue weighted by Crippen LogP contribution is 2.43. The van der Waals surface area contributed by atoms with Crippen LogP contribution >= 0.6 is 22.9 Å². The topological polar surface area (TPSA) is 86.5 Å². The van der Waals surface area contributed by atoms with Gasteiger partial charge in [0.15, 0.2) is 11.5 Å². The highest BCUT2D eigenvalue weighted by molar-refractivity contribution is 7.21. The third-order valence-corrected chi connectivity index (χ3v) is 7.50. The first-order valence-corrected chi connectivity index (χ1v) is 12.7. The third-order valence-electron chi connectivity index (χ3n) is 6.07. The molecule has 2 aromatic heterocycles. The number of carbonyl (C=O) groups is 1. The number of aryl methyl sites for hydroxylation is 1. The van der Waals surface area contributed by atoms with E-state index in [0.717, 1.165) is 27.9 Å². The number of fused-ring (bicyclic) bond motifs is 1. The van der Waals surface area contributed by atoms with Gasteiger partial charge in [0.1, 0.15) is 9.71 Å². The molecule has 5 aromatic rings. The van der Waals surface area contributed by atoms with Crippen LogP contribution in [-0.4, -0.2) is 25.1 Å². The van der Waals surface area contributed by atoms with Crippen LogP contribution in [0.2, 0.25) is 5.02 Å². The van der Waals surface area contributed by atoms with Crippen molar-refractivity contribution in [1.82, 2.24) is 4.98 Å². The third kappa shape index (κ3) is 4.71. The SMILES string of the molecule is COc1ccc(-c2cc(-c3ccc(C)cc3)nc3sc(C(=O)Nc4ccccc4Cl)c(N)c23)cc1OC. The smallest absolute Gasteiger partial charge is 0.267 e. The average Bonchev–Trinajstić information content (AvgIpc) is 3.25. The number of hydrogen-bond acceptors (Lipinski definition) is 6. The molecule has 0 saturated carbocycles. The van der Waals surface area contributed by atoms with Crippen LogP contribution in [0.1, 0.15) is 15.2 Å². The molecule has 0 bridgehead atoms. The van der Waals surface area contributed by atoms with Crippen LogP contribution < -0.4 is 20.5 Å². The molecule has 0 aliphatic heterocycles. The number of pyridine rings is 1. The summed E-state index contributed by atoms with van der Waals surface area (Å²) in [6, 6.07) is 22.9. The van der Waals surface area contributed by atoms with Gasteiger partial charge in [0, 0.05) is 10.9 Å². The van der Waals surface area contributed by atoms with Gasteiger partial charge in [-0.25, -0.2) is 4.98 Å². The minimum atomic E-state index is -0.344. The molecule has 2 heterocycles. The number of rotatable bonds is 6. The lowest BCUT2D eigenvalue weighted by molar-refractivity contribution is 0.103. The molecule has 0 unspecified atom stereocenters. The number of nitrogen functional groups attached to an aromatic ring is 1. The number of methoxy groups -OCH3 is 2. The van der Waals surface area contributed by atoms with Crippen LogP contribution in [-0.2, 0) is 0 Å². The Hall–Kier alpha value is -4.07. The first kappa shape index (κ1) is 24.6. The lowest BCUT2D eigenvalue weighted by atomic mass is 9.98. The number of para-hydroxylation sites is 1. The van der Waals surface area contributed by atoms with E-state index in [1.54, 1.807) is 38.5 Å². The van der Waals surface area contributed by atoms with Gasteiger partial charge in [-0.05, 0) is 48.4 Å². The predicted molar refractivity (Wildman–Crippen MR) is 152 cm³/mol. The molecular formula is C29H24ClN3O3S. The number of nitrogens with one attached hydrogen (secondary N) is 1. The molecule has 0 fully saturated rings. The Labute approximate surface area is 223 Å². The largest absolute Gasteiger partial charge is 0.493 e. The first-order chi connectivity index (χ1) is 17.9. The number of aromatic nitrogens is 1. The van der Waals surface area contributed by atoms with Crippen molar-refractivity contribution >= 4 is 50.4 Å². The summed E-state index contributed by atoms with van der Waals surface area (Å²) in [5.41, 5.74) is 12.1. The summed E-state index contributed by atoms with van der Waals surface area (Å²) >= 11 is 7.50. The Balaban J connectivity index is 1.70. The number of amides is 1. The number of anilines is 2. The van der Waals surface area contributed by atoms with Gasteiger partial charge in [-0.15, -0.1) is 11.3 Å². The van der Waals surface area contributed by atoms with Crippen LogP contribution in [0.5, 0.6) is 11.5 Å². The maximum atomic E-state index is 13.3. The molecule has 0 radical (unpaired) electrons. The van der Waals surface area contributed by atoms with Gasteiger partial charge < -0.3 is 20.5 Å². The average molecular weight is 530 g/mol.